The van der Waals surface area contributed by atoms with Gasteiger partial charge >= 0.3 is 11.9 Å². The summed E-state index contributed by atoms with van der Waals surface area (Å²) in [5.74, 6) is -1.14. The molecular weight excluding hydrogens is 540 g/mol. The van der Waals surface area contributed by atoms with Crippen LogP contribution < -0.4 is 0 Å². The number of rotatable bonds is 16. The first-order valence-corrected chi connectivity index (χ1v) is 13.6. The van der Waals surface area contributed by atoms with Crippen molar-refractivity contribution in [2.24, 2.45) is 0 Å². The summed E-state index contributed by atoms with van der Waals surface area (Å²) in [7, 11) is 0. The third kappa shape index (κ3) is 10.4. The lowest BCUT2D eigenvalue weighted by Crippen LogP contribution is -2.61. The molecule has 0 aromatic carbocycles. The molecule has 7 N–H and O–H groups in total. The first-order chi connectivity index (χ1) is 19.0. The van der Waals surface area contributed by atoms with E-state index in [1.807, 2.05) is 0 Å². The Bertz CT molecular complexity index is 752. The van der Waals surface area contributed by atoms with Gasteiger partial charge in [-0.1, -0.05) is 32.6 Å². The molecule has 234 valence electrons. The van der Waals surface area contributed by atoms with Crippen LogP contribution in [0.3, 0.4) is 0 Å². The molecule has 0 spiro atoms. The van der Waals surface area contributed by atoms with Gasteiger partial charge in [0, 0.05) is 13.3 Å². The lowest BCUT2D eigenvalue weighted by atomic mass is 9.98. The monoisotopic (exact) mass is 584 g/mol. The van der Waals surface area contributed by atoms with Gasteiger partial charge in [0.1, 0.15) is 55.4 Å². The largest absolute Gasteiger partial charge is 0.462 e. The van der Waals surface area contributed by atoms with Crippen LogP contribution in [0.5, 0.6) is 0 Å². The Morgan fingerprint density at radius 1 is 0.750 bits per heavy atom. The summed E-state index contributed by atoms with van der Waals surface area (Å²) in [6.45, 7) is 1.34. The Morgan fingerprint density at radius 2 is 1.32 bits per heavy atom. The number of unbranched alkanes of at least 4 members (excludes halogenated alkanes) is 4. The molecule has 2 aliphatic rings. The summed E-state index contributed by atoms with van der Waals surface area (Å²) >= 11 is 0. The molecule has 0 saturated carbocycles. The lowest BCUT2D eigenvalue weighted by molar-refractivity contribution is -0.332. The molecule has 2 fully saturated rings. The minimum absolute atomic E-state index is 0.158. The summed E-state index contributed by atoms with van der Waals surface area (Å²) in [6, 6.07) is 0. The number of hydrogen-bond donors (Lipinski definition) is 7. The van der Waals surface area contributed by atoms with E-state index in [9.17, 15) is 45.3 Å². The van der Waals surface area contributed by atoms with Crippen molar-refractivity contribution in [3.05, 3.63) is 0 Å². The van der Waals surface area contributed by atoms with Crippen LogP contribution in [-0.2, 0) is 38.0 Å². The maximum Gasteiger partial charge on any atom is 0.306 e. The molecule has 0 radical (unpaired) electrons. The molecule has 2 rings (SSSR count). The van der Waals surface area contributed by atoms with E-state index in [1.165, 1.54) is 6.92 Å². The SMILES string of the molecule is CCCCCCCC(=O)OC(COC(C)=O)COC1OC(COC2OC(CO)C(O)C(O)C2O)C(O)C(O)C1O. The molecule has 0 aromatic rings. The highest BCUT2D eigenvalue weighted by atomic mass is 16.7. The Morgan fingerprint density at radius 3 is 1.93 bits per heavy atom. The summed E-state index contributed by atoms with van der Waals surface area (Å²) in [6.07, 6.45) is -12.0. The van der Waals surface area contributed by atoms with Crippen LogP contribution in [0.4, 0.5) is 0 Å². The minimum atomic E-state index is -1.75. The van der Waals surface area contributed by atoms with Gasteiger partial charge in [-0.25, -0.2) is 0 Å². The van der Waals surface area contributed by atoms with Crippen LogP contribution in [0.15, 0.2) is 0 Å². The predicted octanol–water partition coefficient (Wildman–Crippen LogP) is -2.54. The fraction of sp³-hybridized carbons (Fsp3) is 0.920. The van der Waals surface area contributed by atoms with E-state index in [1.54, 1.807) is 0 Å². The van der Waals surface area contributed by atoms with Gasteiger partial charge in [-0.15, -0.1) is 0 Å². The predicted molar refractivity (Wildman–Crippen MR) is 132 cm³/mol. The van der Waals surface area contributed by atoms with Gasteiger partial charge in [-0.2, -0.15) is 0 Å². The van der Waals surface area contributed by atoms with E-state index < -0.39 is 92.7 Å². The summed E-state index contributed by atoms with van der Waals surface area (Å²) in [5.41, 5.74) is 0. The Hall–Kier alpha value is -1.50. The summed E-state index contributed by atoms with van der Waals surface area (Å²) in [4.78, 5) is 23.5. The van der Waals surface area contributed by atoms with Gasteiger partial charge in [-0.05, 0) is 6.42 Å². The molecule has 15 heteroatoms. The highest BCUT2D eigenvalue weighted by Crippen LogP contribution is 2.26. The first kappa shape index (κ1) is 34.7. The second-order valence-electron chi connectivity index (χ2n) is 9.96. The Balaban J connectivity index is 1.94. The van der Waals surface area contributed by atoms with Crippen molar-refractivity contribution in [2.75, 3.05) is 26.4 Å². The number of esters is 2. The molecule has 40 heavy (non-hydrogen) atoms. The van der Waals surface area contributed by atoms with E-state index in [4.69, 9.17) is 28.4 Å². The van der Waals surface area contributed by atoms with Crippen LogP contribution in [0, 0.1) is 0 Å². The summed E-state index contributed by atoms with van der Waals surface area (Å²) in [5, 5.41) is 70.3. The van der Waals surface area contributed by atoms with Crippen molar-refractivity contribution in [1.82, 2.24) is 0 Å². The third-order valence-electron chi connectivity index (χ3n) is 6.64. The molecule has 0 amide bonds. The molecule has 2 aliphatic heterocycles. The third-order valence-corrected chi connectivity index (χ3v) is 6.64. The van der Waals surface area contributed by atoms with Crippen LogP contribution in [0.2, 0.25) is 0 Å². The molecule has 11 unspecified atom stereocenters. The van der Waals surface area contributed by atoms with E-state index in [0.29, 0.717) is 6.42 Å². The second kappa shape index (κ2) is 17.5. The smallest absolute Gasteiger partial charge is 0.306 e. The Labute approximate surface area is 232 Å². The second-order valence-corrected chi connectivity index (χ2v) is 9.96. The maximum atomic E-state index is 12.3. The number of aliphatic hydroxyl groups excluding tert-OH is 7. The standard InChI is InChI=1S/C25H44O15/c1-3-4-5-6-7-8-17(28)38-14(10-35-13(2)27)11-36-24-23(34)21(32)19(30)16(40-24)12-37-25-22(33)20(31)18(29)15(9-26)39-25/h14-16,18-26,29-34H,3-12H2,1-2H3. The molecule has 15 nitrogen and oxygen atoms in total. The number of carbonyl (C=O) groups excluding carboxylic acids is 2. The van der Waals surface area contributed by atoms with Crippen LogP contribution in [0.25, 0.3) is 0 Å². The van der Waals surface area contributed by atoms with Crippen molar-refractivity contribution < 1.29 is 73.8 Å². The van der Waals surface area contributed by atoms with Gasteiger partial charge in [-0.3, -0.25) is 9.59 Å². The first-order valence-electron chi connectivity index (χ1n) is 13.6. The number of carbonyl (C=O) groups is 2. The molecule has 11 atom stereocenters. The zero-order chi connectivity index (χ0) is 29.8. The average molecular weight is 585 g/mol. The average Bonchev–Trinajstić information content (AvgIpc) is 2.92. The van der Waals surface area contributed by atoms with Crippen molar-refractivity contribution in [3.8, 4) is 0 Å². The highest BCUT2D eigenvalue weighted by molar-refractivity contribution is 5.69. The zero-order valence-corrected chi connectivity index (χ0v) is 22.8. The number of ether oxygens (including phenoxy) is 6. The normalized spacial score (nSPS) is 35.2. The maximum absolute atomic E-state index is 12.3. The van der Waals surface area contributed by atoms with Gasteiger partial charge in [0.15, 0.2) is 18.7 Å². The van der Waals surface area contributed by atoms with Crippen molar-refractivity contribution in [2.45, 2.75) is 120 Å². The van der Waals surface area contributed by atoms with Gasteiger partial charge in [0.05, 0.1) is 19.8 Å². The van der Waals surface area contributed by atoms with Crippen LogP contribution in [-0.4, -0.2) is 142 Å². The van der Waals surface area contributed by atoms with Gasteiger partial charge < -0.3 is 64.2 Å². The zero-order valence-electron chi connectivity index (χ0n) is 22.8. The van der Waals surface area contributed by atoms with Gasteiger partial charge in [0.25, 0.3) is 0 Å². The van der Waals surface area contributed by atoms with Crippen molar-refractivity contribution in [3.63, 3.8) is 0 Å². The van der Waals surface area contributed by atoms with E-state index in [0.717, 1.165) is 25.7 Å². The highest BCUT2D eigenvalue weighted by Gasteiger charge is 2.47. The van der Waals surface area contributed by atoms with E-state index in [-0.39, 0.29) is 19.6 Å². The topological polar surface area (TPSA) is 231 Å². The molecule has 0 aromatic heterocycles. The quantitative estimate of drug-likeness (QED) is 0.0732. The van der Waals surface area contributed by atoms with Crippen LogP contribution in [0.1, 0.15) is 52.4 Å². The van der Waals surface area contributed by atoms with Crippen LogP contribution >= 0.6 is 0 Å². The number of hydrogen-bond acceptors (Lipinski definition) is 15. The molecular formula is C25H44O15. The van der Waals surface area contributed by atoms with E-state index >= 15 is 0 Å². The van der Waals surface area contributed by atoms with Crippen molar-refractivity contribution in [1.29, 1.82) is 0 Å². The van der Waals surface area contributed by atoms with Crippen molar-refractivity contribution >= 4 is 11.9 Å². The lowest BCUT2D eigenvalue weighted by Gasteiger charge is -2.42. The number of aliphatic hydroxyl groups is 7. The molecule has 2 saturated heterocycles. The molecule has 0 bridgehead atoms. The summed E-state index contributed by atoms with van der Waals surface area (Å²) < 4.78 is 32.0. The van der Waals surface area contributed by atoms with Gasteiger partial charge in [0.2, 0.25) is 0 Å². The fourth-order valence-corrected chi connectivity index (χ4v) is 4.23. The molecule has 2 heterocycles. The van der Waals surface area contributed by atoms with E-state index in [2.05, 4.69) is 6.92 Å². The Kier molecular flexibility index (Phi) is 15.1. The minimum Gasteiger partial charge on any atom is -0.462 e. The fourth-order valence-electron chi connectivity index (χ4n) is 4.23. The molecule has 0 aliphatic carbocycles.